The standard InChI is InChI=1S/C12H15N5O3/c1-15-9-8(10(19)16(2)12(15)20)13-11(14-9)17-5-3-4-7(18)6-17/h3-6H2,1-2H3,(H,13,14). The quantitative estimate of drug-likeness (QED) is 0.731. The molecule has 1 N–H and O–H groups in total. The van der Waals surface area contributed by atoms with Gasteiger partial charge in [0.15, 0.2) is 16.9 Å². The number of nitrogens with zero attached hydrogens (tertiary/aromatic N) is 4. The minimum absolute atomic E-state index is 0.151. The van der Waals surface area contributed by atoms with E-state index < -0.39 is 11.2 Å². The summed E-state index contributed by atoms with van der Waals surface area (Å²) in [7, 11) is 2.99. The molecule has 0 unspecified atom stereocenters. The third-order valence-corrected chi connectivity index (χ3v) is 3.63. The Bertz CT molecular complexity index is 813. The number of rotatable bonds is 1. The molecule has 1 fully saturated rings. The van der Waals surface area contributed by atoms with Crippen molar-refractivity contribution in [1.29, 1.82) is 0 Å². The van der Waals surface area contributed by atoms with Gasteiger partial charge in [-0.3, -0.25) is 18.7 Å². The van der Waals surface area contributed by atoms with Crippen LogP contribution in [0.1, 0.15) is 12.8 Å². The van der Waals surface area contributed by atoms with Crippen LogP contribution < -0.4 is 16.1 Å². The minimum atomic E-state index is -0.421. The summed E-state index contributed by atoms with van der Waals surface area (Å²) >= 11 is 0. The molecule has 8 nitrogen and oxygen atoms in total. The molecule has 3 heterocycles. The topological polar surface area (TPSA) is 93.0 Å². The average molecular weight is 277 g/mol. The van der Waals surface area contributed by atoms with Crippen LogP contribution in [0.15, 0.2) is 9.59 Å². The largest absolute Gasteiger partial charge is 0.335 e. The number of aromatic amines is 1. The van der Waals surface area contributed by atoms with E-state index in [0.29, 0.717) is 24.6 Å². The molecule has 0 saturated carbocycles. The summed E-state index contributed by atoms with van der Waals surface area (Å²) in [5.74, 6) is 0.616. The molecule has 20 heavy (non-hydrogen) atoms. The Labute approximate surface area is 113 Å². The van der Waals surface area contributed by atoms with Crippen molar-refractivity contribution in [3.8, 4) is 0 Å². The van der Waals surface area contributed by atoms with Gasteiger partial charge in [-0.15, -0.1) is 0 Å². The first-order chi connectivity index (χ1) is 9.49. The zero-order valence-electron chi connectivity index (χ0n) is 11.3. The van der Waals surface area contributed by atoms with Crippen LogP contribution in [-0.4, -0.2) is 38.0 Å². The molecule has 0 aromatic carbocycles. The molecule has 0 amide bonds. The highest BCUT2D eigenvalue weighted by molar-refractivity contribution is 5.84. The lowest BCUT2D eigenvalue weighted by Gasteiger charge is -2.24. The third-order valence-electron chi connectivity index (χ3n) is 3.63. The van der Waals surface area contributed by atoms with Crippen molar-refractivity contribution in [2.45, 2.75) is 12.8 Å². The first-order valence-corrected chi connectivity index (χ1v) is 6.41. The number of nitrogens with one attached hydrogen (secondary N) is 1. The Morgan fingerprint density at radius 3 is 2.60 bits per heavy atom. The molecule has 8 heteroatoms. The molecule has 0 atom stereocenters. The van der Waals surface area contributed by atoms with E-state index in [0.717, 1.165) is 11.0 Å². The SMILES string of the molecule is Cn1c(=O)c2[nH]c(N3CCCC(=O)C3)nc2n(C)c1=O. The van der Waals surface area contributed by atoms with Gasteiger partial charge in [0.1, 0.15) is 0 Å². The molecule has 2 aromatic heterocycles. The normalized spacial score (nSPS) is 16.1. The second kappa shape index (κ2) is 4.32. The molecule has 2 aromatic rings. The van der Waals surface area contributed by atoms with Gasteiger partial charge in [-0.1, -0.05) is 0 Å². The summed E-state index contributed by atoms with van der Waals surface area (Å²) in [6, 6.07) is 0. The molecule has 106 valence electrons. The molecule has 3 rings (SSSR count). The molecule has 1 saturated heterocycles. The van der Waals surface area contributed by atoms with Gasteiger partial charge in [-0.2, -0.15) is 4.98 Å². The second-order valence-corrected chi connectivity index (χ2v) is 5.03. The van der Waals surface area contributed by atoms with Crippen molar-refractivity contribution in [2.24, 2.45) is 14.1 Å². The lowest BCUT2D eigenvalue weighted by atomic mass is 10.1. The summed E-state index contributed by atoms with van der Waals surface area (Å²) in [4.78, 5) is 44.4. The van der Waals surface area contributed by atoms with Gasteiger partial charge in [-0.25, -0.2) is 4.79 Å². The van der Waals surface area contributed by atoms with Crippen LogP contribution in [0.2, 0.25) is 0 Å². The van der Waals surface area contributed by atoms with E-state index >= 15 is 0 Å². The van der Waals surface area contributed by atoms with Gasteiger partial charge < -0.3 is 9.88 Å². The van der Waals surface area contributed by atoms with Gasteiger partial charge in [0.25, 0.3) is 5.56 Å². The molecular formula is C12H15N5O3. The van der Waals surface area contributed by atoms with Crippen molar-refractivity contribution in [3.05, 3.63) is 20.8 Å². The first kappa shape index (κ1) is 12.6. The van der Waals surface area contributed by atoms with Crippen LogP contribution in [0.25, 0.3) is 11.2 Å². The molecule has 1 aliphatic rings. The minimum Gasteiger partial charge on any atom is -0.335 e. The van der Waals surface area contributed by atoms with Crippen LogP contribution in [-0.2, 0) is 18.9 Å². The monoisotopic (exact) mass is 277 g/mol. The number of anilines is 1. The van der Waals surface area contributed by atoms with Crippen molar-refractivity contribution in [2.75, 3.05) is 18.0 Å². The fourth-order valence-electron chi connectivity index (χ4n) is 2.48. The van der Waals surface area contributed by atoms with E-state index in [9.17, 15) is 14.4 Å². The molecule has 0 radical (unpaired) electrons. The van der Waals surface area contributed by atoms with Gasteiger partial charge in [0.05, 0.1) is 6.54 Å². The summed E-state index contributed by atoms with van der Waals surface area (Å²) in [5.41, 5.74) is -0.241. The first-order valence-electron chi connectivity index (χ1n) is 6.41. The highest BCUT2D eigenvalue weighted by Crippen LogP contribution is 2.17. The van der Waals surface area contributed by atoms with E-state index in [1.807, 2.05) is 0 Å². The number of hydrogen-bond donors (Lipinski definition) is 1. The van der Waals surface area contributed by atoms with Crippen molar-refractivity contribution >= 4 is 22.9 Å². The van der Waals surface area contributed by atoms with Gasteiger partial charge in [0.2, 0.25) is 5.95 Å². The summed E-state index contributed by atoms with van der Waals surface area (Å²) in [6.07, 6.45) is 1.35. The molecule has 0 aliphatic carbocycles. The highest BCUT2D eigenvalue weighted by atomic mass is 16.2. The summed E-state index contributed by atoms with van der Waals surface area (Å²) < 4.78 is 2.36. The van der Waals surface area contributed by atoms with Crippen molar-refractivity contribution < 1.29 is 4.79 Å². The van der Waals surface area contributed by atoms with Crippen molar-refractivity contribution in [1.82, 2.24) is 19.1 Å². The third kappa shape index (κ3) is 1.75. The van der Waals surface area contributed by atoms with Crippen molar-refractivity contribution in [3.63, 3.8) is 0 Å². The lowest BCUT2D eigenvalue weighted by Crippen LogP contribution is -2.36. The number of carbonyl (C=O) groups excluding carboxylic acids is 1. The zero-order chi connectivity index (χ0) is 14.4. The predicted molar refractivity (Wildman–Crippen MR) is 73.0 cm³/mol. The Hall–Kier alpha value is -2.38. The molecule has 1 aliphatic heterocycles. The maximum atomic E-state index is 12.1. The van der Waals surface area contributed by atoms with Crippen LogP contribution in [0.3, 0.4) is 0 Å². The van der Waals surface area contributed by atoms with E-state index in [1.54, 1.807) is 11.9 Å². The fraction of sp³-hybridized carbons (Fsp3) is 0.500. The number of ketones is 1. The number of H-pyrrole nitrogens is 1. The number of imidazole rings is 1. The van der Waals surface area contributed by atoms with Gasteiger partial charge in [-0.05, 0) is 6.42 Å². The van der Waals surface area contributed by atoms with Crippen LogP contribution in [0, 0.1) is 0 Å². The maximum absolute atomic E-state index is 12.1. The van der Waals surface area contributed by atoms with E-state index in [2.05, 4.69) is 9.97 Å². The average Bonchev–Trinajstić information content (AvgIpc) is 2.88. The van der Waals surface area contributed by atoms with E-state index in [4.69, 9.17) is 0 Å². The second-order valence-electron chi connectivity index (χ2n) is 5.03. The Morgan fingerprint density at radius 2 is 1.90 bits per heavy atom. The maximum Gasteiger partial charge on any atom is 0.332 e. The van der Waals surface area contributed by atoms with Gasteiger partial charge in [0, 0.05) is 27.1 Å². The number of aryl methyl sites for hydroxylation is 1. The number of piperidine rings is 1. The number of hydrogen-bond acceptors (Lipinski definition) is 5. The van der Waals surface area contributed by atoms with Crippen LogP contribution in [0.4, 0.5) is 5.95 Å². The van der Waals surface area contributed by atoms with E-state index in [1.165, 1.54) is 11.6 Å². The summed E-state index contributed by atoms with van der Waals surface area (Å²) in [5, 5.41) is 0. The zero-order valence-corrected chi connectivity index (χ0v) is 11.3. The van der Waals surface area contributed by atoms with E-state index in [-0.39, 0.29) is 17.8 Å². The van der Waals surface area contributed by atoms with Gasteiger partial charge >= 0.3 is 5.69 Å². The number of fused-ring (bicyclic) bond motifs is 1. The number of carbonyl (C=O) groups is 1. The molecule has 0 bridgehead atoms. The number of Topliss-reactive ketones (excluding diaryl/α,β-unsaturated/α-hetero) is 1. The highest BCUT2D eigenvalue weighted by Gasteiger charge is 2.21. The number of aromatic nitrogens is 4. The Kier molecular flexibility index (Phi) is 2.73. The summed E-state index contributed by atoms with van der Waals surface area (Å²) in [6.45, 7) is 0.994. The Balaban J connectivity index is 2.18. The van der Waals surface area contributed by atoms with Crippen LogP contribution in [0.5, 0.6) is 0 Å². The lowest BCUT2D eigenvalue weighted by molar-refractivity contribution is -0.118. The predicted octanol–water partition coefficient (Wildman–Crippen LogP) is -0.870. The molecular weight excluding hydrogens is 262 g/mol. The smallest absolute Gasteiger partial charge is 0.332 e. The molecule has 0 spiro atoms. The Morgan fingerprint density at radius 1 is 1.15 bits per heavy atom. The van der Waals surface area contributed by atoms with Crippen LogP contribution >= 0.6 is 0 Å². The fourth-order valence-corrected chi connectivity index (χ4v) is 2.48.